The van der Waals surface area contributed by atoms with Gasteiger partial charge in [-0.25, -0.2) is 13.4 Å². The Morgan fingerprint density at radius 3 is 2.38 bits per heavy atom. The Morgan fingerprint density at radius 1 is 1.10 bits per heavy atom. The molecule has 2 aliphatic rings. The van der Waals surface area contributed by atoms with Gasteiger partial charge in [0.25, 0.3) is 0 Å². The van der Waals surface area contributed by atoms with E-state index >= 15 is 0 Å². The average Bonchev–Trinajstić information content (AvgIpc) is 2.48. The molecule has 6 heteroatoms. The summed E-state index contributed by atoms with van der Waals surface area (Å²) in [6.07, 6.45) is 9.90. The van der Waals surface area contributed by atoms with Crippen molar-refractivity contribution in [3.8, 4) is 0 Å². The number of sulfonamides is 1. The van der Waals surface area contributed by atoms with Crippen LogP contribution in [0.1, 0.15) is 44.9 Å². The van der Waals surface area contributed by atoms with Crippen molar-refractivity contribution >= 4 is 15.8 Å². The third-order valence-corrected chi connectivity index (χ3v) is 6.98. The molecule has 0 unspecified atom stereocenters. The number of pyridine rings is 1. The van der Waals surface area contributed by atoms with E-state index < -0.39 is 10.0 Å². The van der Waals surface area contributed by atoms with Gasteiger partial charge in [-0.05, 0) is 37.2 Å². The Balaban J connectivity index is 1.74. The molecule has 1 spiro atoms. The average molecular weight is 309 g/mol. The molecule has 3 rings (SSSR count). The Kier molecular flexibility index (Phi) is 3.92. The van der Waals surface area contributed by atoms with Crippen LogP contribution in [0.4, 0.5) is 5.82 Å². The van der Waals surface area contributed by atoms with Gasteiger partial charge >= 0.3 is 0 Å². The molecular formula is C15H23N3O2S. The van der Waals surface area contributed by atoms with Crippen LogP contribution in [-0.2, 0) is 10.0 Å². The minimum absolute atomic E-state index is 0.247. The standard InChI is InChI=1S/C15H23N3O2S/c16-14-12-13(4-9-17-14)21(19,20)18-10-7-15(8-11-18)5-2-1-3-6-15/h4,9,12H,1-3,5-8,10-11H2,(H2,16,17). The van der Waals surface area contributed by atoms with Crippen molar-refractivity contribution in [1.29, 1.82) is 0 Å². The van der Waals surface area contributed by atoms with Crippen LogP contribution in [0.5, 0.6) is 0 Å². The summed E-state index contributed by atoms with van der Waals surface area (Å²) in [7, 11) is -3.43. The van der Waals surface area contributed by atoms with Crippen LogP contribution >= 0.6 is 0 Å². The molecule has 1 aromatic heterocycles. The van der Waals surface area contributed by atoms with Gasteiger partial charge in [-0.15, -0.1) is 0 Å². The van der Waals surface area contributed by atoms with Crippen LogP contribution in [0, 0.1) is 5.41 Å². The van der Waals surface area contributed by atoms with Crippen molar-refractivity contribution in [2.75, 3.05) is 18.8 Å². The smallest absolute Gasteiger partial charge is 0.243 e. The quantitative estimate of drug-likeness (QED) is 0.910. The van der Waals surface area contributed by atoms with E-state index in [1.807, 2.05) is 0 Å². The fraction of sp³-hybridized carbons (Fsp3) is 0.667. The van der Waals surface area contributed by atoms with E-state index in [0.29, 0.717) is 18.5 Å². The molecule has 0 amide bonds. The lowest BCUT2D eigenvalue weighted by atomic mass is 9.68. The molecule has 116 valence electrons. The van der Waals surface area contributed by atoms with Gasteiger partial charge in [-0.2, -0.15) is 4.31 Å². The van der Waals surface area contributed by atoms with Crippen LogP contribution in [0.15, 0.2) is 23.2 Å². The third kappa shape index (κ3) is 2.92. The number of piperidine rings is 1. The Hall–Kier alpha value is -1.14. The molecule has 0 aromatic carbocycles. The zero-order valence-electron chi connectivity index (χ0n) is 12.3. The molecule has 1 aliphatic heterocycles. The van der Waals surface area contributed by atoms with Gasteiger partial charge in [0.15, 0.2) is 0 Å². The fourth-order valence-electron chi connectivity index (χ4n) is 3.74. The van der Waals surface area contributed by atoms with Crippen molar-refractivity contribution in [3.05, 3.63) is 18.3 Å². The lowest BCUT2D eigenvalue weighted by molar-refractivity contribution is 0.102. The van der Waals surface area contributed by atoms with E-state index in [9.17, 15) is 8.42 Å². The summed E-state index contributed by atoms with van der Waals surface area (Å²) in [5, 5.41) is 0. The number of hydrogen-bond donors (Lipinski definition) is 1. The SMILES string of the molecule is Nc1cc(S(=O)(=O)N2CCC3(CCCCC3)CC2)ccn1. The molecule has 1 saturated carbocycles. The number of rotatable bonds is 2. The first-order valence-corrected chi connectivity index (χ1v) is 9.18. The normalized spacial score (nSPS) is 23.2. The summed E-state index contributed by atoms with van der Waals surface area (Å²) >= 11 is 0. The highest BCUT2D eigenvalue weighted by atomic mass is 32.2. The monoisotopic (exact) mass is 309 g/mol. The molecule has 2 heterocycles. The number of nitrogens with zero attached hydrogens (tertiary/aromatic N) is 2. The largest absolute Gasteiger partial charge is 0.384 e. The zero-order valence-corrected chi connectivity index (χ0v) is 13.1. The van der Waals surface area contributed by atoms with Crippen LogP contribution in [0.25, 0.3) is 0 Å². The molecule has 0 atom stereocenters. The molecule has 0 radical (unpaired) electrons. The van der Waals surface area contributed by atoms with E-state index in [-0.39, 0.29) is 10.7 Å². The first kappa shape index (κ1) is 14.8. The lowest BCUT2D eigenvalue weighted by Crippen LogP contribution is -2.43. The van der Waals surface area contributed by atoms with E-state index in [1.54, 1.807) is 4.31 Å². The van der Waals surface area contributed by atoms with Crippen molar-refractivity contribution in [2.24, 2.45) is 5.41 Å². The highest BCUT2D eigenvalue weighted by Crippen LogP contribution is 2.45. The van der Waals surface area contributed by atoms with E-state index in [4.69, 9.17) is 5.73 Å². The summed E-state index contributed by atoms with van der Waals surface area (Å²) in [6, 6.07) is 2.97. The predicted octanol–water partition coefficient (Wildman–Crippen LogP) is 2.40. The second-order valence-corrected chi connectivity index (χ2v) is 8.32. The van der Waals surface area contributed by atoms with Crippen molar-refractivity contribution in [1.82, 2.24) is 9.29 Å². The molecule has 2 fully saturated rings. The van der Waals surface area contributed by atoms with Gasteiger partial charge in [0.1, 0.15) is 5.82 Å². The van der Waals surface area contributed by atoms with Crippen LogP contribution in [0.2, 0.25) is 0 Å². The van der Waals surface area contributed by atoms with Crippen LogP contribution in [0.3, 0.4) is 0 Å². The molecule has 1 saturated heterocycles. The highest BCUT2D eigenvalue weighted by Gasteiger charge is 2.39. The Labute approximate surface area is 126 Å². The molecule has 5 nitrogen and oxygen atoms in total. The van der Waals surface area contributed by atoms with Gasteiger partial charge in [0, 0.05) is 25.4 Å². The topological polar surface area (TPSA) is 76.3 Å². The van der Waals surface area contributed by atoms with E-state index in [0.717, 1.165) is 12.8 Å². The van der Waals surface area contributed by atoms with Crippen LogP contribution < -0.4 is 5.73 Å². The summed E-state index contributed by atoms with van der Waals surface area (Å²) < 4.78 is 26.9. The first-order valence-electron chi connectivity index (χ1n) is 7.74. The predicted molar refractivity (Wildman–Crippen MR) is 82.2 cm³/mol. The number of nitrogens with two attached hydrogens (primary N) is 1. The van der Waals surface area contributed by atoms with E-state index in [2.05, 4.69) is 4.98 Å². The van der Waals surface area contributed by atoms with E-state index in [1.165, 1.54) is 50.4 Å². The van der Waals surface area contributed by atoms with Crippen molar-refractivity contribution in [2.45, 2.75) is 49.8 Å². The van der Waals surface area contributed by atoms with Gasteiger partial charge in [-0.3, -0.25) is 0 Å². The summed E-state index contributed by atoms with van der Waals surface area (Å²) in [5.74, 6) is 0.247. The molecule has 2 N–H and O–H groups in total. The highest BCUT2D eigenvalue weighted by molar-refractivity contribution is 7.89. The maximum atomic E-state index is 12.7. The van der Waals surface area contributed by atoms with Crippen LogP contribution in [-0.4, -0.2) is 30.8 Å². The number of anilines is 1. The van der Waals surface area contributed by atoms with Gasteiger partial charge < -0.3 is 5.73 Å². The van der Waals surface area contributed by atoms with Gasteiger partial charge in [-0.1, -0.05) is 19.3 Å². The number of nitrogen functional groups attached to an aromatic ring is 1. The maximum Gasteiger partial charge on any atom is 0.243 e. The van der Waals surface area contributed by atoms with Crippen molar-refractivity contribution in [3.63, 3.8) is 0 Å². The number of hydrogen-bond acceptors (Lipinski definition) is 4. The second-order valence-electron chi connectivity index (χ2n) is 6.38. The van der Waals surface area contributed by atoms with Gasteiger partial charge in [0.2, 0.25) is 10.0 Å². The Morgan fingerprint density at radius 2 is 1.76 bits per heavy atom. The second kappa shape index (κ2) is 5.57. The van der Waals surface area contributed by atoms with Gasteiger partial charge in [0.05, 0.1) is 4.90 Å². The summed E-state index contributed by atoms with van der Waals surface area (Å²) in [6.45, 7) is 1.26. The third-order valence-electron chi connectivity index (χ3n) is 5.09. The zero-order chi connectivity index (χ0) is 14.9. The van der Waals surface area contributed by atoms with Crippen molar-refractivity contribution < 1.29 is 8.42 Å². The molecule has 0 bridgehead atoms. The number of aromatic nitrogens is 1. The first-order chi connectivity index (χ1) is 10.0. The fourth-order valence-corrected chi connectivity index (χ4v) is 5.20. The molecule has 1 aliphatic carbocycles. The summed E-state index contributed by atoms with van der Waals surface area (Å²) in [5.41, 5.74) is 6.01. The Bertz CT molecular complexity index is 599. The minimum atomic E-state index is -3.43. The maximum absolute atomic E-state index is 12.7. The molecular weight excluding hydrogens is 286 g/mol. The summed E-state index contributed by atoms with van der Waals surface area (Å²) in [4.78, 5) is 4.12. The lowest BCUT2D eigenvalue weighted by Gasteiger charge is -2.43. The minimum Gasteiger partial charge on any atom is -0.384 e. The molecule has 21 heavy (non-hydrogen) atoms. The molecule has 1 aromatic rings.